The highest BCUT2D eigenvalue weighted by atomic mass is 16.5. The van der Waals surface area contributed by atoms with Crippen molar-refractivity contribution in [2.75, 3.05) is 0 Å². The lowest BCUT2D eigenvalue weighted by Crippen LogP contribution is -2.09. The molecule has 1 heteroatoms. The van der Waals surface area contributed by atoms with Crippen LogP contribution in [0.5, 0.6) is 0 Å². The Balaban J connectivity index is 1.88. The normalized spacial score (nSPS) is 32.5. The number of rotatable bonds is 2. The monoisotopic (exact) mass is 200 g/mol. The molecular formula is C14H16O. The van der Waals surface area contributed by atoms with Gasteiger partial charge in [-0.05, 0) is 36.8 Å². The SMILES string of the molecule is C/C=C/CC1CC2OC1c1ccccc12. The molecule has 0 spiro atoms. The summed E-state index contributed by atoms with van der Waals surface area (Å²) in [5.74, 6) is 0.695. The standard InChI is InChI=1S/C14H16O/c1-2-3-6-10-9-13-11-7-4-5-8-12(11)14(10)15-13/h2-5,7-8,10,13-14H,6,9H2,1H3/b3-2+. The summed E-state index contributed by atoms with van der Waals surface area (Å²) in [4.78, 5) is 0. The molecule has 0 aliphatic carbocycles. The molecular weight excluding hydrogens is 184 g/mol. The van der Waals surface area contributed by atoms with Gasteiger partial charge in [0.15, 0.2) is 0 Å². The van der Waals surface area contributed by atoms with Gasteiger partial charge in [0, 0.05) is 0 Å². The summed E-state index contributed by atoms with van der Waals surface area (Å²) in [5, 5.41) is 0. The quantitative estimate of drug-likeness (QED) is 0.660. The van der Waals surface area contributed by atoms with Gasteiger partial charge in [0.25, 0.3) is 0 Å². The van der Waals surface area contributed by atoms with Gasteiger partial charge in [-0.1, -0.05) is 36.4 Å². The van der Waals surface area contributed by atoms with Gasteiger partial charge < -0.3 is 4.74 Å². The van der Waals surface area contributed by atoms with Crippen molar-refractivity contribution < 1.29 is 4.74 Å². The zero-order valence-electron chi connectivity index (χ0n) is 9.02. The molecule has 3 unspecified atom stereocenters. The van der Waals surface area contributed by atoms with Crippen molar-refractivity contribution in [2.24, 2.45) is 5.92 Å². The molecule has 2 aliphatic heterocycles. The topological polar surface area (TPSA) is 9.23 Å². The fourth-order valence-electron chi connectivity index (χ4n) is 2.86. The lowest BCUT2D eigenvalue weighted by molar-refractivity contribution is 0.0602. The van der Waals surface area contributed by atoms with Crippen molar-refractivity contribution >= 4 is 0 Å². The number of hydrogen-bond donors (Lipinski definition) is 0. The Kier molecular flexibility index (Phi) is 2.14. The summed E-state index contributed by atoms with van der Waals surface area (Å²) in [6, 6.07) is 8.67. The van der Waals surface area contributed by atoms with Gasteiger partial charge >= 0.3 is 0 Å². The molecule has 2 heterocycles. The third-order valence-corrected chi connectivity index (χ3v) is 3.58. The van der Waals surface area contributed by atoms with Crippen LogP contribution < -0.4 is 0 Å². The van der Waals surface area contributed by atoms with Crippen LogP contribution in [0.25, 0.3) is 0 Å². The van der Waals surface area contributed by atoms with E-state index in [1.807, 2.05) is 0 Å². The Labute approximate surface area is 90.8 Å². The molecule has 3 rings (SSSR count). The number of benzene rings is 1. The average Bonchev–Trinajstić information content (AvgIpc) is 2.85. The van der Waals surface area contributed by atoms with E-state index >= 15 is 0 Å². The first-order chi connectivity index (χ1) is 7.40. The lowest BCUT2D eigenvalue weighted by atomic mass is 9.82. The van der Waals surface area contributed by atoms with E-state index in [1.165, 1.54) is 17.5 Å². The number of fused-ring (bicyclic) bond motifs is 5. The fourth-order valence-corrected chi connectivity index (χ4v) is 2.86. The van der Waals surface area contributed by atoms with Gasteiger partial charge in [0.1, 0.15) is 0 Å². The van der Waals surface area contributed by atoms with Crippen LogP contribution >= 0.6 is 0 Å². The highest BCUT2D eigenvalue weighted by Gasteiger charge is 2.43. The number of hydrogen-bond acceptors (Lipinski definition) is 1. The lowest BCUT2D eigenvalue weighted by Gasteiger charge is -2.19. The maximum Gasteiger partial charge on any atom is 0.0869 e. The van der Waals surface area contributed by atoms with E-state index in [0.717, 1.165) is 6.42 Å². The molecule has 0 radical (unpaired) electrons. The molecule has 1 nitrogen and oxygen atoms in total. The predicted octanol–water partition coefficient (Wildman–Crippen LogP) is 3.79. The first-order valence-electron chi connectivity index (χ1n) is 5.75. The number of ether oxygens (including phenoxy) is 1. The Morgan fingerprint density at radius 2 is 2.13 bits per heavy atom. The smallest absolute Gasteiger partial charge is 0.0869 e. The summed E-state index contributed by atoms with van der Waals surface area (Å²) in [6.07, 6.45) is 7.50. The van der Waals surface area contributed by atoms with Gasteiger partial charge in [-0.2, -0.15) is 0 Å². The highest BCUT2D eigenvalue weighted by molar-refractivity contribution is 5.37. The van der Waals surface area contributed by atoms with Gasteiger partial charge in [-0.15, -0.1) is 0 Å². The first kappa shape index (κ1) is 9.17. The van der Waals surface area contributed by atoms with Crippen LogP contribution in [0.3, 0.4) is 0 Å². The Morgan fingerprint density at radius 1 is 1.33 bits per heavy atom. The van der Waals surface area contributed by atoms with Crippen molar-refractivity contribution in [1.29, 1.82) is 0 Å². The van der Waals surface area contributed by atoms with Crippen LogP contribution in [-0.2, 0) is 4.74 Å². The second kappa shape index (κ2) is 3.49. The molecule has 0 amide bonds. The predicted molar refractivity (Wildman–Crippen MR) is 60.5 cm³/mol. The third-order valence-electron chi connectivity index (χ3n) is 3.58. The van der Waals surface area contributed by atoms with Crippen molar-refractivity contribution in [2.45, 2.75) is 32.0 Å². The minimum atomic E-state index is 0.363. The van der Waals surface area contributed by atoms with Crippen LogP contribution in [-0.4, -0.2) is 0 Å². The zero-order chi connectivity index (χ0) is 10.3. The zero-order valence-corrected chi connectivity index (χ0v) is 9.02. The summed E-state index contributed by atoms with van der Waals surface area (Å²) < 4.78 is 6.02. The molecule has 1 aromatic rings. The summed E-state index contributed by atoms with van der Waals surface area (Å²) in [5.41, 5.74) is 2.86. The summed E-state index contributed by atoms with van der Waals surface area (Å²) in [6.45, 7) is 2.09. The Bertz CT molecular complexity index is 394. The largest absolute Gasteiger partial charge is 0.365 e. The van der Waals surface area contributed by atoms with E-state index < -0.39 is 0 Å². The second-order valence-electron chi connectivity index (χ2n) is 4.47. The van der Waals surface area contributed by atoms with Crippen LogP contribution in [0.1, 0.15) is 43.1 Å². The Morgan fingerprint density at radius 3 is 2.93 bits per heavy atom. The van der Waals surface area contributed by atoms with Gasteiger partial charge in [0.05, 0.1) is 12.2 Å². The molecule has 15 heavy (non-hydrogen) atoms. The average molecular weight is 200 g/mol. The molecule has 78 valence electrons. The molecule has 1 saturated heterocycles. The van der Waals surface area contributed by atoms with Crippen molar-refractivity contribution in [3.63, 3.8) is 0 Å². The highest BCUT2D eigenvalue weighted by Crippen LogP contribution is 2.54. The van der Waals surface area contributed by atoms with Crippen molar-refractivity contribution in [1.82, 2.24) is 0 Å². The van der Waals surface area contributed by atoms with Gasteiger partial charge in [-0.3, -0.25) is 0 Å². The summed E-state index contributed by atoms with van der Waals surface area (Å²) >= 11 is 0. The van der Waals surface area contributed by atoms with Crippen molar-refractivity contribution in [3.05, 3.63) is 47.5 Å². The van der Waals surface area contributed by atoms with Gasteiger partial charge in [0.2, 0.25) is 0 Å². The maximum atomic E-state index is 6.02. The molecule has 1 fully saturated rings. The second-order valence-corrected chi connectivity index (χ2v) is 4.47. The molecule has 0 aromatic heterocycles. The molecule has 0 saturated carbocycles. The van der Waals surface area contributed by atoms with E-state index in [4.69, 9.17) is 4.74 Å². The Hall–Kier alpha value is -1.08. The molecule has 3 atom stereocenters. The minimum absolute atomic E-state index is 0.363. The number of allylic oxidation sites excluding steroid dienone is 2. The van der Waals surface area contributed by atoms with E-state index in [1.54, 1.807) is 0 Å². The van der Waals surface area contributed by atoms with Crippen LogP contribution in [0.15, 0.2) is 36.4 Å². The molecule has 2 bridgehead atoms. The van der Waals surface area contributed by atoms with Crippen LogP contribution in [0, 0.1) is 5.92 Å². The van der Waals surface area contributed by atoms with Crippen molar-refractivity contribution in [3.8, 4) is 0 Å². The van der Waals surface area contributed by atoms with E-state index in [9.17, 15) is 0 Å². The maximum absolute atomic E-state index is 6.02. The first-order valence-corrected chi connectivity index (χ1v) is 5.75. The fraction of sp³-hybridized carbons (Fsp3) is 0.429. The third kappa shape index (κ3) is 1.34. The molecule has 2 aliphatic rings. The minimum Gasteiger partial charge on any atom is -0.365 e. The van der Waals surface area contributed by atoms with Crippen LogP contribution in [0.4, 0.5) is 0 Å². The van der Waals surface area contributed by atoms with E-state index in [0.29, 0.717) is 18.1 Å². The van der Waals surface area contributed by atoms with E-state index in [-0.39, 0.29) is 0 Å². The van der Waals surface area contributed by atoms with Crippen LogP contribution in [0.2, 0.25) is 0 Å². The molecule has 0 N–H and O–H groups in total. The van der Waals surface area contributed by atoms with E-state index in [2.05, 4.69) is 43.3 Å². The summed E-state index contributed by atoms with van der Waals surface area (Å²) in [7, 11) is 0. The van der Waals surface area contributed by atoms with Gasteiger partial charge in [-0.25, -0.2) is 0 Å². The molecule has 1 aromatic carbocycles.